The molecule has 5 heteroatoms. The van der Waals surface area contributed by atoms with Gasteiger partial charge in [0.15, 0.2) is 0 Å². The molecule has 0 aliphatic heterocycles. The van der Waals surface area contributed by atoms with Crippen molar-refractivity contribution in [2.45, 2.75) is 39.3 Å². The number of fused-ring (bicyclic) bond motifs is 1. The van der Waals surface area contributed by atoms with E-state index in [1.165, 1.54) is 0 Å². The summed E-state index contributed by atoms with van der Waals surface area (Å²) in [6, 6.07) is 5.77. The van der Waals surface area contributed by atoms with Crippen LogP contribution in [0.5, 0.6) is 5.75 Å². The van der Waals surface area contributed by atoms with Crippen molar-refractivity contribution < 1.29 is 9.84 Å². The zero-order chi connectivity index (χ0) is 14.8. The molecule has 0 amide bonds. The maximum absolute atomic E-state index is 9.95. The molecule has 110 valence electrons. The number of aryl methyl sites for hydroxylation is 1. The number of H-pyrrole nitrogens is 1. The Morgan fingerprint density at radius 3 is 2.85 bits per heavy atom. The first-order valence-electron chi connectivity index (χ1n) is 6.86. The first kappa shape index (κ1) is 14.8. The van der Waals surface area contributed by atoms with E-state index in [9.17, 15) is 5.11 Å². The highest BCUT2D eigenvalue weighted by molar-refractivity contribution is 5.87. The molecule has 20 heavy (non-hydrogen) atoms. The molecular formula is C15H23N3O2. The molecule has 2 rings (SSSR count). The predicted molar refractivity (Wildman–Crippen MR) is 80.1 cm³/mol. The van der Waals surface area contributed by atoms with Crippen molar-refractivity contribution in [2.24, 2.45) is 0 Å². The number of rotatable bonds is 5. The Kier molecular flexibility index (Phi) is 4.30. The number of benzene rings is 1. The van der Waals surface area contributed by atoms with Crippen LogP contribution in [0.2, 0.25) is 0 Å². The summed E-state index contributed by atoms with van der Waals surface area (Å²) in [5.41, 5.74) is 1.84. The molecule has 2 aromatic rings. The van der Waals surface area contributed by atoms with Gasteiger partial charge in [0.25, 0.3) is 0 Å². The normalized spacial score (nSPS) is 13.7. The fourth-order valence-corrected chi connectivity index (χ4v) is 1.99. The average Bonchev–Trinajstić information content (AvgIpc) is 2.76. The Balaban J connectivity index is 1.97. The minimum absolute atomic E-state index is 0.0118. The molecule has 3 N–H and O–H groups in total. The van der Waals surface area contributed by atoms with Crippen molar-refractivity contribution in [3.8, 4) is 5.75 Å². The van der Waals surface area contributed by atoms with Gasteiger partial charge in [-0.25, -0.2) is 0 Å². The van der Waals surface area contributed by atoms with Crippen LogP contribution < -0.4 is 10.1 Å². The van der Waals surface area contributed by atoms with Gasteiger partial charge in [0.1, 0.15) is 18.5 Å². The quantitative estimate of drug-likeness (QED) is 0.782. The number of hydrogen-bond donors (Lipinski definition) is 3. The zero-order valence-electron chi connectivity index (χ0n) is 12.5. The Morgan fingerprint density at radius 1 is 1.40 bits per heavy atom. The van der Waals surface area contributed by atoms with Crippen molar-refractivity contribution in [2.75, 3.05) is 13.2 Å². The van der Waals surface area contributed by atoms with Crippen LogP contribution in [0.3, 0.4) is 0 Å². The lowest BCUT2D eigenvalue weighted by atomic mass is 10.1. The Bertz CT molecular complexity index is 572. The molecule has 0 spiro atoms. The predicted octanol–water partition coefficient (Wildman–Crippen LogP) is 2.00. The third kappa shape index (κ3) is 3.71. The second-order valence-corrected chi connectivity index (χ2v) is 6.08. The van der Waals surface area contributed by atoms with Crippen LogP contribution in [-0.4, -0.2) is 40.1 Å². The smallest absolute Gasteiger partial charge is 0.130 e. The maximum atomic E-state index is 9.95. The lowest BCUT2D eigenvalue weighted by Crippen LogP contribution is -2.42. The fraction of sp³-hybridized carbons (Fsp3) is 0.533. The molecule has 0 fully saturated rings. The van der Waals surface area contributed by atoms with E-state index in [0.29, 0.717) is 6.54 Å². The average molecular weight is 277 g/mol. The van der Waals surface area contributed by atoms with Crippen LogP contribution in [0.4, 0.5) is 0 Å². The molecule has 1 aromatic heterocycles. The molecule has 5 nitrogen and oxygen atoms in total. The number of nitrogens with one attached hydrogen (secondary N) is 2. The standard InChI is InChI=1S/C15H23N3O2/c1-10-14-12(18-17-10)6-5-7-13(14)20-9-11(19)8-16-15(2,3)4/h5-7,11,16,19H,8-9H2,1-4H3,(H,17,18)/t11-/m0/s1. The molecule has 0 bridgehead atoms. The van der Waals surface area contributed by atoms with E-state index in [0.717, 1.165) is 22.3 Å². The van der Waals surface area contributed by atoms with Crippen LogP contribution in [0.1, 0.15) is 26.5 Å². The molecule has 0 aliphatic rings. The molecule has 0 aliphatic carbocycles. The number of ether oxygens (including phenoxy) is 1. The SMILES string of the molecule is Cc1n[nH]c2cccc(OC[C@@H](O)CNC(C)(C)C)c12. The first-order chi connectivity index (χ1) is 9.37. The van der Waals surface area contributed by atoms with Gasteiger partial charge in [-0.2, -0.15) is 5.10 Å². The molecule has 0 saturated heterocycles. The van der Waals surface area contributed by atoms with E-state index in [1.807, 2.05) is 25.1 Å². The number of aliphatic hydroxyl groups is 1. The molecule has 0 radical (unpaired) electrons. The van der Waals surface area contributed by atoms with Gasteiger partial charge in [0, 0.05) is 12.1 Å². The van der Waals surface area contributed by atoms with Gasteiger partial charge in [-0.05, 0) is 39.8 Å². The van der Waals surface area contributed by atoms with Crippen molar-refractivity contribution >= 4 is 10.9 Å². The van der Waals surface area contributed by atoms with Crippen LogP contribution in [0, 0.1) is 6.92 Å². The van der Waals surface area contributed by atoms with E-state index in [1.54, 1.807) is 0 Å². The number of nitrogens with zero attached hydrogens (tertiary/aromatic N) is 1. The Labute approximate surface area is 119 Å². The summed E-state index contributed by atoms with van der Waals surface area (Å²) in [6.45, 7) is 8.89. The van der Waals surface area contributed by atoms with E-state index in [4.69, 9.17) is 4.74 Å². The largest absolute Gasteiger partial charge is 0.490 e. The number of aromatic amines is 1. The van der Waals surface area contributed by atoms with E-state index in [2.05, 4.69) is 36.3 Å². The van der Waals surface area contributed by atoms with Gasteiger partial charge in [-0.15, -0.1) is 0 Å². The van der Waals surface area contributed by atoms with Gasteiger partial charge in [-0.3, -0.25) is 5.10 Å². The summed E-state index contributed by atoms with van der Waals surface area (Å²) in [5.74, 6) is 0.753. The monoisotopic (exact) mass is 277 g/mol. The van der Waals surface area contributed by atoms with Crippen molar-refractivity contribution in [1.82, 2.24) is 15.5 Å². The van der Waals surface area contributed by atoms with E-state index >= 15 is 0 Å². The van der Waals surface area contributed by atoms with Crippen molar-refractivity contribution in [1.29, 1.82) is 0 Å². The lowest BCUT2D eigenvalue weighted by molar-refractivity contribution is 0.101. The number of aliphatic hydroxyl groups excluding tert-OH is 1. The molecular weight excluding hydrogens is 254 g/mol. The number of aromatic nitrogens is 2. The number of β-amino-alcohol motifs (C(OH)–C–C–N with tert-alkyl or cyclic N) is 1. The summed E-state index contributed by atoms with van der Waals surface area (Å²) in [4.78, 5) is 0. The van der Waals surface area contributed by atoms with Crippen molar-refractivity contribution in [3.63, 3.8) is 0 Å². The highest BCUT2D eigenvalue weighted by atomic mass is 16.5. The van der Waals surface area contributed by atoms with Crippen LogP contribution in [0.25, 0.3) is 10.9 Å². The Hall–Kier alpha value is -1.59. The van der Waals surface area contributed by atoms with Gasteiger partial charge in [0.2, 0.25) is 0 Å². The molecule has 0 saturated carbocycles. The topological polar surface area (TPSA) is 70.2 Å². The van der Waals surface area contributed by atoms with Gasteiger partial charge in [0.05, 0.1) is 16.6 Å². The summed E-state index contributed by atoms with van der Waals surface area (Å²) >= 11 is 0. The van der Waals surface area contributed by atoms with Gasteiger partial charge in [-0.1, -0.05) is 6.07 Å². The third-order valence-electron chi connectivity index (χ3n) is 3.03. The molecule has 0 unspecified atom stereocenters. The zero-order valence-corrected chi connectivity index (χ0v) is 12.5. The van der Waals surface area contributed by atoms with Crippen LogP contribution >= 0.6 is 0 Å². The summed E-state index contributed by atoms with van der Waals surface area (Å²) < 4.78 is 5.74. The van der Waals surface area contributed by atoms with Crippen molar-refractivity contribution in [3.05, 3.63) is 23.9 Å². The van der Waals surface area contributed by atoms with E-state index < -0.39 is 6.10 Å². The third-order valence-corrected chi connectivity index (χ3v) is 3.03. The number of hydrogen-bond acceptors (Lipinski definition) is 4. The molecule has 1 aromatic carbocycles. The minimum Gasteiger partial charge on any atom is -0.490 e. The minimum atomic E-state index is -0.545. The highest BCUT2D eigenvalue weighted by Crippen LogP contribution is 2.26. The second-order valence-electron chi connectivity index (χ2n) is 6.08. The van der Waals surface area contributed by atoms with Crippen LogP contribution in [-0.2, 0) is 0 Å². The maximum Gasteiger partial charge on any atom is 0.130 e. The van der Waals surface area contributed by atoms with Gasteiger partial charge >= 0.3 is 0 Å². The summed E-state index contributed by atoms with van der Waals surface area (Å²) in [7, 11) is 0. The van der Waals surface area contributed by atoms with Gasteiger partial charge < -0.3 is 15.2 Å². The first-order valence-corrected chi connectivity index (χ1v) is 6.86. The fourth-order valence-electron chi connectivity index (χ4n) is 1.99. The highest BCUT2D eigenvalue weighted by Gasteiger charge is 2.14. The Morgan fingerprint density at radius 2 is 2.15 bits per heavy atom. The molecule has 1 heterocycles. The lowest BCUT2D eigenvalue weighted by Gasteiger charge is -2.23. The molecule has 1 atom stereocenters. The summed E-state index contributed by atoms with van der Waals surface area (Å²) in [6.07, 6.45) is -0.545. The summed E-state index contributed by atoms with van der Waals surface area (Å²) in [5, 5.41) is 21.3. The second kappa shape index (κ2) is 5.81. The van der Waals surface area contributed by atoms with E-state index in [-0.39, 0.29) is 12.1 Å². The van der Waals surface area contributed by atoms with Crippen LogP contribution in [0.15, 0.2) is 18.2 Å².